The van der Waals surface area contributed by atoms with Gasteiger partial charge >= 0.3 is 6.03 Å². The summed E-state index contributed by atoms with van der Waals surface area (Å²) in [5, 5.41) is 3.74. The van der Waals surface area contributed by atoms with Crippen LogP contribution in [-0.4, -0.2) is 36.6 Å². The van der Waals surface area contributed by atoms with Crippen molar-refractivity contribution in [2.45, 2.75) is 6.42 Å². The van der Waals surface area contributed by atoms with Gasteiger partial charge in [0.05, 0.1) is 6.54 Å². The molecule has 0 aromatic rings. The molecule has 0 atom stereocenters. The van der Waals surface area contributed by atoms with E-state index in [0.717, 1.165) is 19.5 Å². The van der Waals surface area contributed by atoms with E-state index in [4.69, 9.17) is 5.73 Å². The molecule has 0 spiro atoms. The molecule has 68 valence electrons. The van der Waals surface area contributed by atoms with E-state index in [1.807, 2.05) is 5.32 Å². The first-order valence-electron chi connectivity index (χ1n) is 3.76. The molecule has 0 aliphatic carbocycles. The van der Waals surface area contributed by atoms with E-state index >= 15 is 0 Å². The van der Waals surface area contributed by atoms with Gasteiger partial charge in [-0.2, -0.15) is 0 Å². The second-order valence-electron chi connectivity index (χ2n) is 2.60. The molecule has 1 fully saturated rings. The van der Waals surface area contributed by atoms with Crippen molar-refractivity contribution >= 4 is 11.9 Å². The Morgan fingerprint density at radius 3 is 2.83 bits per heavy atom. The smallest absolute Gasteiger partial charge is 0.318 e. The zero-order chi connectivity index (χ0) is 8.97. The van der Waals surface area contributed by atoms with Crippen LogP contribution in [0.3, 0.4) is 0 Å². The number of carbonyl (C=O) groups is 2. The Hall–Kier alpha value is -1.14. The molecule has 1 saturated heterocycles. The largest absolute Gasteiger partial charge is 0.351 e. The molecule has 6 heteroatoms. The van der Waals surface area contributed by atoms with Gasteiger partial charge in [-0.25, -0.2) is 9.80 Å². The summed E-state index contributed by atoms with van der Waals surface area (Å²) >= 11 is 0. The first-order chi connectivity index (χ1) is 5.68. The van der Waals surface area contributed by atoms with E-state index in [-0.39, 0.29) is 12.5 Å². The molecule has 12 heavy (non-hydrogen) atoms. The summed E-state index contributed by atoms with van der Waals surface area (Å²) in [7, 11) is 0. The number of urea groups is 1. The highest BCUT2D eigenvalue weighted by molar-refractivity contribution is 5.94. The molecule has 6 nitrogen and oxygen atoms in total. The Labute approximate surface area is 70.1 Å². The van der Waals surface area contributed by atoms with Crippen molar-refractivity contribution in [2.24, 2.45) is 5.73 Å². The number of amides is 3. The number of rotatable bonds is 2. The Balaban J connectivity index is 2.20. The van der Waals surface area contributed by atoms with E-state index < -0.39 is 6.03 Å². The van der Waals surface area contributed by atoms with Crippen LogP contribution in [0.15, 0.2) is 0 Å². The minimum atomic E-state index is -0.806. The maximum atomic E-state index is 10.9. The van der Waals surface area contributed by atoms with Crippen LogP contribution in [0.2, 0.25) is 0 Å². The van der Waals surface area contributed by atoms with Crippen molar-refractivity contribution in [1.29, 1.82) is 0 Å². The Morgan fingerprint density at radius 1 is 1.58 bits per heavy atom. The fraction of sp³-hybridized carbons (Fsp3) is 0.667. The van der Waals surface area contributed by atoms with Gasteiger partial charge in [0.2, 0.25) is 5.91 Å². The standard InChI is InChI=1S/C6H12N4O2/c7-6(12)9-5(11)4-10-3-1-2-8-10/h8H,1-4H2,(H3,7,9,11,12). The first-order valence-corrected chi connectivity index (χ1v) is 3.76. The zero-order valence-corrected chi connectivity index (χ0v) is 6.67. The SMILES string of the molecule is NC(=O)NC(=O)CN1CCCN1. The molecular weight excluding hydrogens is 160 g/mol. The van der Waals surface area contributed by atoms with Gasteiger partial charge in [-0.1, -0.05) is 0 Å². The summed E-state index contributed by atoms with van der Waals surface area (Å²) < 4.78 is 0. The number of imide groups is 1. The van der Waals surface area contributed by atoms with E-state index in [1.54, 1.807) is 5.01 Å². The number of nitrogens with one attached hydrogen (secondary N) is 2. The predicted molar refractivity (Wildman–Crippen MR) is 41.9 cm³/mol. The molecule has 0 radical (unpaired) electrons. The number of hydrogen-bond donors (Lipinski definition) is 3. The van der Waals surface area contributed by atoms with Crippen LogP contribution in [0, 0.1) is 0 Å². The highest BCUT2D eigenvalue weighted by Crippen LogP contribution is 1.93. The van der Waals surface area contributed by atoms with Crippen LogP contribution in [0.5, 0.6) is 0 Å². The van der Waals surface area contributed by atoms with Gasteiger partial charge in [0, 0.05) is 13.1 Å². The van der Waals surface area contributed by atoms with Gasteiger partial charge in [0.1, 0.15) is 0 Å². The van der Waals surface area contributed by atoms with Crippen LogP contribution in [-0.2, 0) is 4.79 Å². The molecule has 1 rings (SSSR count). The van der Waals surface area contributed by atoms with Gasteiger partial charge in [0.15, 0.2) is 0 Å². The summed E-state index contributed by atoms with van der Waals surface area (Å²) in [6, 6.07) is -0.806. The average Bonchev–Trinajstić information content (AvgIpc) is 2.37. The van der Waals surface area contributed by atoms with Crippen molar-refractivity contribution in [1.82, 2.24) is 15.8 Å². The summed E-state index contributed by atoms with van der Waals surface area (Å²) in [4.78, 5) is 21.2. The van der Waals surface area contributed by atoms with Gasteiger partial charge in [-0.3, -0.25) is 15.5 Å². The maximum absolute atomic E-state index is 10.9. The Bertz CT molecular complexity index is 188. The summed E-state index contributed by atoms with van der Waals surface area (Å²) in [6.45, 7) is 1.87. The highest BCUT2D eigenvalue weighted by Gasteiger charge is 2.14. The molecule has 1 heterocycles. The quantitative estimate of drug-likeness (QED) is 0.467. The van der Waals surface area contributed by atoms with Crippen LogP contribution in [0.4, 0.5) is 4.79 Å². The van der Waals surface area contributed by atoms with Crippen molar-refractivity contribution < 1.29 is 9.59 Å². The minimum Gasteiger partial charge on any atom is -0.351 e. The number of primary amides is 1. The Kier molecular flexibility index (Phi) is 3.01. The molecule has 0 saturated carbocycles. The summed E-state index contributed by atoms with van der Waals surface area (Å²) in [5.74, 6) is -0.378. The Morgan fingerprint density at radius 2 is 2.33 bits per heavy atom. The van der Waals surface area contributed by atoms with Crippen molar-refractivity contribution in [3.8, 4) is 0 Å². The molecule has 0 aromatic heterocycles. The van der Waals surface area contributed by atoms with E-state index in [2.05, 4.69) is 5.43 Å². The molecule has 0 bridgehead atoms. The summed E-state index contributed by atoms with van der Waals surface area (Å²) in [6.07, 6.45) is 1.02. The number of hydrazine groups is 1. The van der Waals surface area contributed by atoms with E-state index in [9.17, 15) is 9.59 Å². The topological polar surface area (TPSA) is 87.5 Å². The third-order valence-electron chi connectivity index (χ3n) is 1.54. The normalized spacial score (nSPS) is 17.7. The molecule has 1 aliphatic rings. The lowest BCUT2D eigenvalue weighted by Crippen LogP contribution is -2.44. The minimum absolute atomic E-state index is 0.170. The highest BCUT2D eigenvalue weighted by atomic mass is 16.2. The van der Waals surface area contributed by atoms with Gasteiger partial charge in [-0.05, 0) is 6.42 Å². The third kappa shape index (κ3) is 2.85. The average molecular weight is 172 g/mol. The van der Waals surface area contributed by atoms with E-state index in [0.29, 0.717) is 0 Å². The van der Waals surface area contributed by atoms with E-state index in [1.165, 1.54) is 0 Å². The molecule has 0 unspecified atom stereocenters. The maximum Gasteiger partial charge on any atom is 0.318 e. The fourth-order valence-electron chi connectivity index (χ4n) is 1.07. The molecule has 0 aromatic carbocycles. The number of hydrogen-bond acceptors (Lipinski definition) is 4. The second-order valence-corrected chi connectivity index (χ2v) is 2.60. The van der Waals surface area contributed by atoms with Crippen LogP contribution in [0.25, 0.3) is 0 Å². The number of nitrogens with zero attached hydrogens (tertiary/aromatic N) is 1. The lowest BCUT2D eigenvalue weighted by atomic mass is 10.4. The van der Waals surface area contributed by atoms with Crippen LogP contribution >= 0.6 is 0 Å². The monoisotopic (exact) mass is 172 g/mol. The predicted octanol–water partition coefficient (Wildman–Crippen LogP) is -1.61. The van der Waals surface area contributed by atoms with Gasteiger partial charge in [-0.15, -0.1) is 0 Å². The summed E-state index contributed by atoms with van der Waals surface area (Å²) in [5.41, 5.74) is 7.74. The van der Waals surface area contributed by atoms with Crippen molar-refractivity contribution in [2.75, 3.05) is 19.6 Å². The van der Waals surface area contributed by atoms with Crippen LogP contribution < -0.4 is 16.5 Å². The van der Waals surface area contributed by atoms with Gasteiger partial charge < -0.3 is 5.73 Å². The zero-order valence-electron chi connectivity index (χ0n) is 6.67. The van der Waals surface area contributed by atoms with Crippen molar-refractivity contribution in [3.05, 3.63) is 0 Å². The molecule has 1 aliphatic heterocycles. The molecule has 4 N–H and O–H groups in total. The number of carbonyl (C=O) groups excluding carboxylic acids is 2. The molecular formula is C6H12N4O2. The second kappa shape index (κ2) is 4.03. The fourth-order valence-corrected chi connectivity index (χ4v) is 1.07. The van der Waals surface area contributed by atoms with Crippen molar-refractivity contribution in [3.63, 3.8) is 0 Å². The lowest BCUT2D eigenvalue weighted by Gasteiger charge is -2.12. The van der Waals surface area contributed by atoms with Gasteiger partial charge in [0.25, 0.3) is 0 Å². The van der Waals surface area contributed by atoms with Crippen LogP contribution in [0.1, 0.15) is 6.42 Å². The lowest BCUT2D eigenvalue weighted by molar-refractivity contribution is -0.121. The molecule has 3 amide bonds. The first kappa shape index (κ1) is 8.95. The number of nitrogens with two attached hydrogens (primary N) is 1. The third-order valence-corrected chi connectivity index (χ3v) is 1.54.